The highest BCUT2D eigenvalue weighted by Crippen LogP contribution is 2.22. The van der Waals surface area contributed by atoms with Crippen molar-refractivity contribution in [1.82, 2.24) is 0 Å². The van der Waals surface area contributed by atoms with E-state index < -0.39 is 0 Å². The molecule has 60 valence electrons. The van der Waals surface area contributed by atoms with E-state index in [-0.39, 0.29) is 6.61 Å². The van der Waals surface area contributed by atoms with Gasteiger partial charge in [0.2, 0.25) is 0 Å². The minimum absolute atomic E-state index is 0.00491. The SMILES string of the molecule is Cc1cc(Br)cc(N)c1CO. The first kappa shape index (κ1) is 8.56. The largest absolute Gasteiger partial charge is 0.398 e. The van der Waals surface area contributed by atoms with Gasteiger partial charge in [0.1, 0.15) is 0 Å². The fraction of sp³-hybridized carbons (Fsp3) is 0.250. The molecule has 0 saturated heterocycles. The molecular formula is C8H10BrNO. The number of rotatable bonds is 1. The molecule has 0 aromatic heterocycles. The van der Waals surface area contributed by atoms with Crippen molar-refractivity contribution in [2.24, 2.45) is 0 Å². The Hall–Kier alpha value is -0.540. The van der Waals surface area contributed by atoms with Crippen molar-refractivity contribution in [2.45, 2.75) is 13.5 Å². The molecular weight excluding hydrogens is 206 g/mol. The Morgan fingerprint density at radius 2 is 2.18 bits per heavy atom. The van der Waals surface area contributed by atoms with Crippen LogP contribution in [0.3, 0.4) is 0 Å². The van der Waals surface area contributed by atoms with E-state index in [1.54, 1.807) is 6.07 Å². The van der Waals surface area contributed by atoms with Crippen LogP contribution in [0.2, 0.25) is 0 Å². The summed E-state index contributed by atoms with van der Waals surface area (Å²) in [5.74, 6) is 0. The molecule has 0 fully saturated rings. The van der Waals surface area contributed by atoms with Gasteiger partial charge in [-0.2, -0.15) is 0 Å². The van der Waals surface area contributed by atoms with Crippen molar-refractivity contribution in [3.05, 3.63) is 27.7 Å². The summed E-state index contributed by atoms with van der Waals surface area (Å²) in [6.07, 6.45) is 0. The van der Waals surface area contributed by atoms with Crippen molar-refractivity contribution in [3.8, 4) is 0 Å². The van der Waals surface area contributed by atoms with Crippen LogP contribution in [0.15, 0.2) is 16.6 Å². The van der Waals surface area contributed by atoms with Gasteiger partial charge in [-0.3, -0.25) is 0 Å². The molecule has 3 N–H and O–H groups in total. The molecule has 1 aromatic carbocycles. The van der Waals surface area contributed by atoms with Crippen molar-refractivity contribution < 1.29 is 5.11 Å². The second kappa shape index (κ2) is 3.24. The first-order valence-electron chi connectivity index (χ1n) is 3.30. The maximum Gasteiger partial charge on any atom is 0.0704 e. The first-order chi connectivity index (χ1) is 5.15. The van der Waals surface area contributed by atoms with Crippen LogP contribution in [0.25, 0.3) is 0 Å². The lowest BCUT2D eigenvalue weighted by molar-refractivity contribution is 0.282. The van der Waals surface area contributed by atoms with Crippen LogP contribution in [0, 0.1) is 6.92 Å². The van der Waals surface area contributed by atoms with E-state index in [9.17, 15) is 0 Å². The third-order valence-corrected chi connectivity index (χ3v) is 2.09. The minimum Gasteiger partial charge on any atom is -0.398 e. The Bertz CT molecular complexity index is 250. The summed E-state index contributed by atoms with van der Waals surface area (Å²) >= 11 is 3.31. The summed E-state index contributed by atoms with van der Waals surface area (Å²) < 4.78 is 0.949. The molecule has 0 unspecified atom stereocenters. The summed E-state index contributed by atoms with van der Waals surface area (Å²) in [4.78, 5) is 0. The minimum atomic E-state index is 0.00491. The van der Waals surface area contributed by atoms with Crippen LogP contribution in [0.4, 0.5) is 5.69 Å². The first-order valence-corrected chi connectivity index (χ1v) is 4.10. The predicted molar refractivity (Wildman–Crippen MR) is 49.2 cm³/mol. The predicted octanol–water partition coefficient (Wildman–Crippen LogP) is 1.83. The smallest absolute Gasteiger partial charge is 0.0704 e. The Labute approximate surface area is 74.2 Å². The lowest BCUT2D eigenvalue weighted by Crippen LogP contribution is -1.96. The standard InChI is InChI=1S/C8H10BrNO/c1-5-2-6(9)3-8(10)7(5)4-11/h2-3,11H,4,10H2,1H3. The average molecular weight is 216 g/mol. The van der Waals surface area contributed by atoms with Crippen molar-refractivity contribution in [2.75, 3.05) is 5.73 Å². The van der Waals surface area contributed by atoms with E-state index >= 15 is 0 Å². The second-order valence-electron chi connectivity index (χ2n) is 2.45. The summed E-state index contributed by atoms with van der Waals surface area (Å²) in [5, 5.41) is 8.89. The number of halogens is 1. The molecule has 0 atom stereocenters. The van der Waals surface area contributed by atoms with Crippen molar-refractivity contribution in [1.29, 1.82) is 0 Å². The molecule has 0 amide bonds. The van der Waals surface area contributed by atoms with Crippen molar-refractivity contribution >= 4 is 21.6 Å². The second-order valence-corrected chi connectivity index (χ2v) is 3.36. The Morgan fingerprint density at radius 1 is 1.55 bits per heavy atom. The lowest BCUT2D eigenvalue weighted by atomic mass is 10.1. The molecule has 0 aliphatic rings. The number of anilines is 1. The van der Waals surface area contributed by atoms with Gasteiger partial charge in [-0.15, -0.1) is 0 Å². The average Bonchev–Trinajstić information content (AvgIpc) is 1.85. The molecule has 0 aliphatic carbocycles. The highest BCUT2D eigenvalue weighted by atomic mass is 79.9. The van der Waals surface area contributed by atoms with Gasteiger partial charge >= 0.3 is 0 Å². The van der Waals surface area contributed by atoms with Crippen LogP contribution < -0.4 is 5.73 Å². The van der Waals surface area contributed by atoms with Gasteiger partial charge in [-0.25, -0.2) is 0 Å². The molecule has 0 bridgehead atoms. The summed E-state index contributed by atoms with van der Waals surface area (Å²) in [6.45, 7) is 1.93. The molecule has 11 heavy (non-hydrogen) atoms. The van der Waals surface area contributed by atoms with Gasteiger partial charge < -0.3 is 10.8 Å². The normalized spacial score (nSPS) is 10.1. The molecule has 0 saturated carbocycles. The van der Waals surface area contributed by atoms with Gasteiger partial charge in [0, 0.05) is 15.7 Å². The van der Waals surface area contributed by atoms with Crippen LogP contribution in [0.5, 0.6) is 0 Å². The number of aryl methyl sites for hydroxylation is 1. The fourth-order valence-corrected chi connectivity index (χ4v) is 1.60. The number of aliphatic hydroxyl groups excluding tert-OH is 1. The summed E-state index contributed by atoms with van der Waals surface area (Å²) in [5.41, 5.74) is 8.11. The molecule has 0 aliphatic heterocycles. The zero-order valence-electron chi connectivity index (χ0n) is 6.26. The quantitative estimate of drug-likeness (QED) is 0.703. The van der Waals surface area contributed by atoms with Gasteiger partial charge in [0.05, 0.1) is 6.61 Å². The summed E-state index contributed by atoms with van der Waals surface area (Å²) in [6, 6.07) is 3.72. The van der Waals surface area contributed by atoms with Crippen LogP contribution in [0.1, 0.15) is 11.1 Å². The van der Waals surface area contributed by atoms with Crippen molar-refractivity contribution in [3.63, 3.8) is 0 Å². The fourth-order valence-electron chi connectivity index (χ4n) is 1.01. The maximum absolute atomic E-state index is 8.89. The number of nitrogen functional groups attached to an aromatic ring is 1. The molecule has 0 heterocycles. The van der Waals surface area contributed by atoms with Crippen LogP contribution in [-0.4, -0.2) is 5.11 Å². The van der Waals surface area contributed by atoms with E-state index in [2.05, 4.69) is 15.9 Å². The molecule has 0 radical (unpaired) electrons. The monoisotopic (exact) mass is 215 g/mol. The molecule has 2 nitrogen and oxygen atoms in total. The maximum atomic E-state index is 8.89. The highest BCUT2D eigenvalue weighted by molar-refractivity contribution is 9.10. The van der Waals surface area contributed by atoms with Crippen LogP contribution >= 0.6 is 15.9 Å². The van der Waals surface area contributed by atoms with Crippen LogP contribution in [-0.2, 0) is 6.61 Å². The highest BCUT2D eigenvalue weighted by Gasteiger charge is 2.02. The number of aliphatic hydroxyl groups is 1. The molecule has 1 aromatic rings. The molecule has 1 rings (SSSR count). The summed E-state index contributed by atoms with van der Waals surface area (Å²) in [7, 11) is 0. The third-order valence-electron chi connectivity index (χ3n) is 1.63. The number of hydrogen-bond acceptors (Lipinski definition) is 2. The van der Waals surface area contributed by atoms with E-state index in [0.29, 0.717) is 5.69 Å². The number of nitrogens with two attached hydrogens (primary N) is 1. The van der Waals surface area contributed by atoms with Gasteiger partial charge in [-0.1, -0.05) is 15.9 Å². The topological polar surface area (TPSA) is 46.2 Å². The molecule has 0 spiro atoms. The third kappa shape index (κ3) is 1.73. The zero-order valence-corrected chi connectivity index (χ0v) is 7.85. The van der Waals surface area contributed by atoms with Gasteiger partial charge in [-0.05, 0) is 24.6 Å². The number of hydrogen-bond donors (Lipinski definition) is 2. The van der Waals surface area contributed by atoms with E-state index in [4.69, 9.17) is 10.8 Å². The Balaban J connectivity index is 3.25. The number of benzene rings is 1. The molecule has 3 heteroatoms. The lowest BCUT2D eigenvalue weighted by Gasteiger charge is -2.06. The van der Waals surface area contributed by atoms with E-state index in [1.165, 1.54) is 0 Å². The van der Waals surface area contributed by atoms with Gasteiger partial charge in [0.25, 0.3) is 0 Å². The zero-order chi connectivity index (χ0) is 8.43. The Morgan fingerprint density at radius 3 is 2.64 bits per heavy atom. The van der Waals surface area contributed by atoms with E-state index in [0.717, 1.165) is 15.6 Å². The Kier molecular flexibility index (Phi) is 2.52. The van der Waals surface area contributed by atoms with Gasteiger partial charge in [0.15, 0.2) is 0 Å². The van der Waals surface area contributed by atoms with E-state index in [1.807, 2.05) is 13.0 Å².